The summed E-state index contributed by atoms with van der Waals surface area (Å²) >= 11 is 0. The van der Waals surface area contributed by atoms with E-state index in [0.717, 1.165) is 5.56 Å². The van der Waals surface area contributed by atoms with Crippen molar-refractivity contribution in [2.24, 2.45) is 5.73 Å². The summed E-state index contributed by atoms with van der Waals surface area (Å²) in [6.45, 7) is 0.184. The fourth-order valence-corrected chi connectivity index (χ4v) is 1.70. The molecule has 3 N–H and O–H groups in total. The number of nitrogens with two attached hydrogens (primary N) is 1. The van der Waals surface area contributed by atoms with Crippen LogP contribution >= 0.6 is 0 Å². The van der Waals surface area contributed by atoms with Crippen LogP contribution in [0.4, 0.5) is 0 Å². The summed E-state index contributed by atoms with van der Waals surface area (Å²) in [6.07, 6.45) is 0. The maximum Gasteiger partial charge on any atom is 0.331 e. The Labute approximate surface area is 129 Å². The lowest BCUT2D eigenvalue weighted by atomic mass is 10.2. The van der Waals surface area contributed by atoms with Crippen molar-refractivity contribution in [2.75, 3.05) is 27.4 Å². The number of nitrogens with one attached hydrogen (secondary N) is 1. The van der Waals surface area contributed by atoms with Crippen LogP contribution in [0.1, 0.15) is 5.56 Å². The van der Waals surface area contributed by atoms with E-state index < -0.39 is 24.0 Å². The summed E-state index contributed by atoms with van der Waals surface area (Å²) in [5.41, 5.74) is 6.46. The third kappa shape index (κ3) is 6.21. The third-order valence-corrected chi connectivity index (χ3v) is 2.84. The van der Waals surface area contributed by atoms with Crippen LogP contribution in [0, 0.1) is 0 Å². The molecule has 2 atom stereocenters. The molecule has 122 valence electrons. The van der Waals surface area contributed by atoms with Crippen molar-refractivity contribution >= 4 is 11.9 Å². The van der Waals surface area contributed by atoms with Gasteiger partial charge in [-0.1, -0.05) is 30.3 Å². The van der Waals surface area contributed by atoms with Crippen LogP contribution in [0.5, 0.6) is 0 Å². The monoisotopic (exact) mass is 310 g/mol. The molecule has 1 amide bonds. The fourth-order valence-electron chi connectivity index (χ4n) is 1.70. The van der Waals surface area contributed by atoms with Crippen molar-refractivity contribution in [1.29, 1.82) is 0 Å². The van der Waals surface area contributed by atoms with Gasteiger partial charge in [-0.05, 0) is 5.56 Å². The van der Waals surface area contributed by atoms with E-state index in [1.54, 1.807) is 0 Å². The first kappa shape index (κ1) is 18.1. The van der Waals surface area contributed by atoms with Gasteiger partial charge in [0.2, 0.25) is 5.91 Å². The van der Waals surface area contributed by atoms with Gasteiger partial charge in [-0.25, -0.2) is 4.79 Å². The zero-order valence-corrected chi connectivity index (χ0v) is 12.8. The molecule has 0 spiro atoms. The number of carbonyl (C=O) groups is 2. The van der Waals surface area contributed by atoms with Gasteiger partial charge in [0, 0.05) is 14.2 Å². The smallest absolute Gasteiger partial charge is 0.331 e. The summed E-state index contributed by atoms with van der Waals surface area (Å²) in [5.74, 6) is -1.08. The number of methoxy groups -OCH3 is 2. The quantitative estimate of drug-likeness (QED) is 0.615. The minimum atomic E-state index is -0.913. The molecule has 1 aromatic carbocycles. The molecule has 7 nitrogen and oxygen atoms in total. The maximum atomic E-state index is 12.0. The number of benzene rings is 1. The van der Waals surface area contributed by atoms with Crippen molar-refractivity contribution < 1.29 is 23.8 Å². The zero-order chi connectivity index (χ0) is 16.4. The molecule has 0 bridgehead atoms. The zero-order valence-electron chi connectivity index (χ0n) is 12.8. The predicted octanol–water partition coefficient (Wildman–Crippen LogP) is -0.165. The summed E-state index contributed by atoms with van der Waals surface area (Å²) in [5, 5.41) is 2.50. The van der Waals surface area contributed by atoms with E-state index in [1.165, 1.54) is 14.2 Å². The SMILES string of the molecule is COC[C@H](NC(=O)[C@@H](N)COC)C(=O)OCc1ccccc1. The van der Waals surface area contributed by atoms with Crippen LogP contribution in [0.3, 0.4) is 0 Å². The lowest BCUT2D eigenvalue weighted by Gasteiger charge is -2.19. The molecule has 0 heterocycles. The molecule has 0 aliphatic rings. The molecule has 0 unspecified atom stereocenters. The van der Waals surface area contributed by atoms with Gasteiger partial charge in [0.05, 0.1) is 13.2 Å². The van der Waals surface area contributed by atoms with Gasteiger partial charge in [0.15, 0.2) is 6.04 Å². The van der Waals surface area contributed by atoms with E-state index in [-0.39, 0.29) is 19.8 Å². The molecule has 0 saturated carbocycles. The van der Waals surface area contributed by atoms with Gasteiger partial charge in [0.25, 0.3) is 0 Å². The Morgan fingerprint density at radius 3 is 2.36 bits per heavy atom. The first-order valence-corrected chi connectivity index (χ1v) is 6.82. The van der Waals surface area contributed by atoms with E-state index in [9.17, 15) is 9.59 Å². The van der Waals surface area contributed by atoms with Crippen LogP contribution < -0.4 is 11.1 Å². The molecule has 0 aliphatic heterocycles. The number of ether oxygens (including phenoxy) is 3. The van der Waals surface area contributed by atoms with Gasteiger partial charge < -0.3 is 25.3 Å². The minimum Gasteiger partial charge on any atom is -0.459 e. The average Bonchev–Trinajstić information content (AvgIpc) is 2.53. The van der Waals surface area contributed by atoms with Crippen LogP contribution in [0.2, 0.25) is 0 Å². The van der Waals surface area contributed by atoms with E-state index in [2.05, 4.69) is 5.32 Å². The topological polar surface area (TPSA) is 99.9 Å². The summed E-state index contributed by atoms with van der Waals surface area (Å²) in [7, 11) is 2.87. The van der Waals surface area contributed by atoms with E-state index in [1.807, 2.05) is 30.3 Å². The van der Waals surface area contributed by atoms with Crippen molar-refractivity contribution in [1.82, 2.24) is 5.32 Å². The highest BCUT2D eigenvalue weighted by atomic mass is 16.5. The van der Waals surface area contributed by atoms with E-state index in [0.29, 0.717) is 0 Å². The first-order chi connectivity index (χ1) is 10.6. The van der Waals surface area contributed by atoms with Crippen molar-refractivity contribution in [3.8, 4) is 0 Å². The van der Waals surface area contributed by atoms with Gasteiger partial charge in [0.1, 0.15) is 12.6 Å². The Balaban J connectivity index is 2.54. The Hall–Kier alpha value is -1.96. The van der Waals surface area contributed by atoms with Crippen LogP contribution in [0.25, 0.3) is 0 Å². The molecular formula is C15H22N2O5. The molecule has 0 radical (unpaired) electrons. The van der Waals surface area contributed by atoms with Crippen LogP contribution in [-0.4, -0.2) is 51.4 Å². The number of amides is 1. The Morgan fingerprint density at radius 2 is 1.77 bits per heavy atom. The Bertz CT molecular complexity index is 466. The lowest BCUT2D eigenvalue weighted by molar-refractivity contribution is -0.150. The van der Waals surface area contributed by atoms with Gasteiger partial charge in [-0.15, -0.1) is 0 Å². The lowest BCUT2D eigenvalue weighted by Crippen LogP contribution is -2.52. The number of carbonyl (C=O) groups excluding carboxylic acids is 2. The average molecular weight is 310 g/mol. The highest BCUT2D eigenvalue weighted by molar-refractivity contribution is 5.87. The molecule has 22 heavy (non-hydrogen) atoms. The fraction of sp³-hybridized carbons (Fsp3) is 0.467. The summed E-state index contributed by atoms with van der Waals surface area (Å²) in [6, 6.07) is 7.48. The number of esters is 1. The normalized spacial score (nSPS) is 13.2. The van der Waals surface area contributed by atoms with Crippen molar-refractivity contribution in [2.45, 2.75) is 18.7 Å². The molecule has 1 rings (SSSR count). The first-order valence-electron chi connectivity index (χ1n) is 6.82. The maximum absolute atomic E-state index is 12.0. The minimum absolute atomic E-state index is 0.000927. The summed E-state index contributed by atoms with van der Waals surface area (Å²) < 4.78 is 14.9. The molecule has 0 saturated heterocycles. The third-order valence-electron chi connectivity index (χ3n) is 2.84. The van der Waals surface area contributed by atoms with Gasteiger partial charge in [-0.2, -0.15) is 0 Å². The van der Waals surface area contributed by atoms with E-state index >= 15 is 0 Å². The predicted molar refractivity (Wildman–Crippen MR) is 79.9 cm³/mol. The number of hydrogen-bond acceptors (Lipinski definition) is 6. The molecule has 1 aromatic rings. The van der Waals surface area contributed by atoms with Crippen molar-refractivity contribution in [3.05, 3.63) is 35.9 Å². The second-order valence-corrected chi connectivity index (χ2v) is 4.67. The Kier molecular flexibility index (Phi) is 8.13. The number of rotatable bonds is 9. The largest absolute Gasteiger partial charge is 0.459 e. The van der Waals surface area contributed by atoms with Gasteiger partial charge in [-0.3, -0.25) is 4.79 Å². The van der Waals surface area contributed by atoms with Crippen LogP contribution in [0.15, 0.2) is 30.3 Å². The van der Waals surface area contributed by atoms with Crippen LogP contribution in [-0.2, 0) is 30.4 Å². The second kappa shape index (κ2) is 9.88. The molecule has 0 fully saturated rings. The summed E-state index contributed by atoms with van der Waals surface area (Å²) in [4.78, 5) is 23.9. The molecular weight excluding hydrogens is 288 g/mol. The highest BCUT2D eigenvalue weighted by Crippen LogP contribution is 2.02. The molecule has 7 heteroatoms. The second-order valence-electron chi connectivity index (χ2n) is 4.67. The molecule has 0 aliphatic carbocycles. The standard InChI is InChI=1S/C15H22N2O5/c1-20-9-12(16)14(18)17-13(10-21-2)15(19)22-8-11-6-4-3-5-7-11/h3-7,12-13H,8-10,16H2,1-2H3,(H,17,18)/t12-,13-/m0/s1. The van der Waals surface area contributed by atoms with Gasteiger partial charge >= 0.3 is 5.97 Å². The Morgan fingerprint density at radius 1 is 1.14 bits per heavy atom. The number of hydrogen-bond donors (Lipinski definition) is 2. The van der Waals surface area contributed by atoms with E-state index in [4.69, 9.17) is 19.9 Å². The van der Waals surface area contributed by atoms with Crippen molar-refractivity contribution in [3.63, 3.8) is 0 Å². The molecule has 0 aromatic heterocycles. The highest BCUT2D eigenvalue weighted by Gasteiger charge is 2.25.